The third-order valence-electron chi connectivity index (χ3n) is 5.29. The van der Waals surface area contributed by atoms with Crippen molar-refractivity contribution in [3.8, 4) is 0 Å². The number of piperazine rings is 1. The van der Waals surface area contributed by atoms with Crippen molar-refractivity contribution in [3.05, 3.63) is 29.6 Å². The van der Waals surface area contributed by atoms with Crippen LogP contribution < -0.4 is 15.5 Å². The molecule has 0 aromatic heterocycles. The van der Waals surface area contributed by atoms with Crippen LogP contribution in [0.5, 0.6) is 0 Å². The molecular formula is C19H29FN4O. The number of carbonyl (C=O) groups excluding carboxylic acids is 1. The van der Waals surface area contributed by atoms with Gasteiger partial charge in [0.2, 0.25) is 5.91 Å². The Morgan fingerprint density at radius 1 is 1.28 bits per heavy atom. The summed E-state index contributed by atoms with van der Waals surface area (Å²) in [6.45, 7) is 6.64. The number of benzene rings is 1. The number of hydrogen-bond acceptors (Lipinski definition) is 4. The number of likely N-dealkylation sites (N-methyl/N-ethyl adjacent to an activating group) is 1. The highest BCUT2D eigenvalue weighted by Gasteiger charge is 2.25. The van der Waals surface area contributed by atoms with Crippen molar-refractivity contribution >= 4 is 11.6 Å². The number of carbonyl (C=O) groups is 1. The maximum Gasteiger partial charge on any atom is 0.237 e. The van der Waals surface area contributed by atoms with E-state index in [1.165, 1.54) is 6.07 Å². The summed E-state index contributed by atoms with van der Waals surface area (Å²) in [6.07, 6.45) is 3.07. The predicted molar refractivity (Wildman–Crippen MR) is 98.3 cm³/mol. The summed E-state index contributed by atoms with van der Waals surface area (Å²) >= 11 is 0. The van der Waals surface area contributed by atoms with Gasteiger partial charge in [0, 0.05) is 37.4 Å². The average molecular weight is 348 g/mol. The van der Waals surface area contributed by atoms with E-state index in [0.717, 1.165) is 63.2 Å². The molecule has 0 saturated carbocycles. The fourth-order valence-electron chi connectivity index (χ4n) is 3.67. The van der Waals surface area contributed by atoms with Gasteiger partial charge in [-0.1, -0.05) is 6.42 Å². The third kappa shape index (κ3) is 4.50. The van der Waals surface area contributed by atoms with Gasteiger partial charge in [0.15, 0.2) is 0 Å². The van der Waals surface area contributed by atoms with E-state index in [2.05, 4.69) is 27.5 Å². The summed E-state index contributed by atoms with van der Waals surface area (Å²) in [6, 6.07) is 4.57. The van der Waals surface area contributed by atoms with E-state index in [9.17, 15) is 9.18 Å². The highest BCUT2D eigenvalue weighted by Crippen LogP contribution is 2.28. The van der Waals surface area contributed by atoms with Crippen LogP contribution in [0.4, 0.5) is 10.1 Å². The van der Waals surface area contributed by atoms with Gasteiger partial charge in [-0.05, 0) is 51.6 Å². The second-order valence-corrected chi connectivity index (χ2v) is 7.23. The van der Waals surface area contributed by atoms with E-state index in [-0.39, 0.29) is 23.8 Å². The minimum atomic E-state index is -0.259. The third-order valence-corrected chi connectivity index (χ3v) is 5.29. The van der Waals surface area contributed by atoms with Crippen LogP contribution in [0, 0.1) is 5.82 Å². The lowest BCUT2D eigenvalue weighted by Gasteiger charge is -2.36. The molecule has 2 heterocycles. The molecular weight excluding hydrogens is 319 g/mol. The number of nitrogens with zero attached hydrogens (tertiary/aromatic N) is 2. The number of piperidine rings is 1. The average Bonchev–Trinajstić information content (AvgIpc) is 2.63. The van der Waals surface area contributed by atoms with Crippen LogP contribution in [-0.2, 0) is 4.79 Å². The lowest BCUT2D eigenvalue weighted by Crippen LogP contribution is -2.47. The van der Waals surface area contributed by atoms with Gasteiger partial charge in [-0.25, -0.2) is 4.39 Å². The fourth-order valence-corrected chi connectivity index (χ4v) is 3.67. The highest BCUT2D eigenvalue weighted by molar-refractivity contribution is 5.82. The summed E-state index contributed by atoms with van der Waals surface area (Å²) in [7, 11) is 2.11. The molecule has 2 atom stereocenters. The van der Waals surface area contributed by atoms with E-state index in [1.807, 2.05) is 13.0 Å². The van der Waals surface area contributed by atoms with Crippen LogP contribution in [0.2, 0.25) is 0 Å². The number of rotatable bonds is 4. The largest absolute Gasteiger partial charge is 0.369 e. The van der Waals surface area contributed by atoms with Crippen molar-refractivity contribution in [3.63, 3.8) is 0 Å². The molecule has 1 aromatic carbocycles. The predicted octanol–water partition coefficient (Wildman–Crippen LogP) is 1.90. The van der Waals surface area contributed by atoms with Crippen molar-refractivity contribution < 1.29 is 9.18 Å². The number of halogens is 1. The Hall–Kier alpha value is -1.66. The topological polar surface area (TPSA) is 47.6 Å². The van der Waals surface area contributed by atoms with Crippen molar-refractivity contribution in [2.45, 2.75) is 38.3 Å². The summed E-state index contributed by atoms with van der Waals surface area (Å²) in [4.78, 5) is 17.1. The summed E-state index contributed by atoms with van der Waals surface area (Å²) in [5.41, 5.74) is 1.88. The minimum absolute atomic E-state index is 0.0146. The Bertz CT molecular complexity index is 595. The molecule has 3 rings (SSSR count). The Balaban J connectivity index is 1.73. The number of nitrogens with one attached hydrogen (secondary N) is 2. The van der Waals surface area contributed by atoms with Crippen LogP contribution in [0.3, 0.4) is 0 Å². The van der Waals surface area contributed by atoms with Gasteiger partial charge in [0.05, 0.1) is 12.1 Å². The van der Waals surface area contributed by atoms with Crippen LogP contribution >= 0.6 is 0 Å². The van der Waals surface area contributed by atoms with E-state index in [1.54, 1.807) is 6.07 Å². The van der Waals surface area contributed by atoms with E-state index >= 15 is 0 Å². The SMILES string of the molecule is CC(NC(=O)[C@@H]1CCCCN1)c1cc(F)ccc1N1CCN(C)CC1. The monoisotopic (exact) mass is 348 g/mol. The highest BCUT2D eigenvalue weighted by atomic mass is 19.1. The van der Waals surface area contributed by atoms with E-state index < -0.39 is 0 Å². The molecule has 1 amide bonds. The molecule has 138 valence electrons. The quantitative estimate of drug-likeness (QED) is 0.873. The molecule has 2 aliphatic heterocycles. The van der Waals surface area contributed by atoms with Crippen LogP contribution in [-0.4, -0.2) is 56.6 Å². The van der Waals surface area contributed by atoms with E-state index in [4.69, 9.17) is 0 Å². The van der Waals surface area contributed by atoms with Crippen LogP contribution in [0.25, 0.3) is 0 Å². The molecule has 1 aromatic rings. The Labute approximate surface area is 149 Å². The van der Waals surface area contributed by atoms with Gasteiger partial charge in [-0.3, -0.25) is 4.79 Å². The molecule has 5 nitrogen and oxygen atoms in total. The second-order valence-electron chi connectivity index (χ2n) is 7.23. The minimum Gasteiger partial charge on any atom is -0.369 e. The van der Waals surface area contributed by atoms with Crippen molar-refractivity contribution in [2.24, 2.45) is 0 Å². The second kappa shape index (κ2) is 8.15. The first kappa shape index (κ1) is 18.1. The van der Waals surface area contributed by atoms with Gasteiger partial charge < -0.3 is 20.4 Å². The number of anilines is 1. The zero-order valence-electron chi connectivity index (χ0n) is 15.2. The first-order chi connectivity index (χ1) is 12.0. The van der Waals surface area contributed by atoms with Gasteiger partial charge in [-0.15, -0.1) is 0 Å². The normalized spacial score (nSPS) is 23.3. The van der Waals surface area contributed by atoms with Crippen LogP contribution in [0.15, 0.2) is 18.2 Å². The molecule has 2 N–H and O–H groups in total. The van der Waals surface area contributed by atoms with Crippen LogP contribution in [0.1, 0.15) is 37.8 Å². The lowest BCUT2D eigenvalue weighted by atomic mass is 10.0. The maximum atomic E-state index is 13.9. The standard InChI is InChI=1S/C19H29FN4O/c1-14(22-19(25)17-5-3-4-8-21-17)16-13-15(20)6-7-18(16)24-11-9-23(2)10-12-24/h6-7,13-14,17,21H,3-5,8-12H2,1-2H3,(H,22,25)/t14?,17-/m0/s1. The summed E-state index contributed by atoms with van der Waals surface area (Å²) in [5.74, 6) is -0.245. The van der Waals surface area contributed by atoms with Gasteiger partial charge in [0.25, 0.3) is 0 Å². The van der Waals surface area contributed by atoms with Crippen molar-refractivity contribution in [1.82, 2.24) is 15.5 Å². The molecule has 2 aliphatic rings. The van der Waals surface area contributed by atoms with Gasteiger partial charge in [-0.2, -0.15) is 0 Å². The smallest absolute Gasteiger partial charge is 0.237 e. The zero-order chi connectivity index (χ0) is 17.8. The molecule has 0 bridgehead atoms. The van der Waals surface area contributed by atoms with Gasteiger partial charge in [0.1, 0.15) is 5.82 Å². The number of amides is 1. The molecule has 25 heavy (non-hydrogen) atoms. The van der Waals surface area contributed by atoms with Crippen molar-refractivity contribution in [1.29, 1.82) is 0 Å². The van der Waals surface area contributed by atoms with Crippen molar-refractivity contribution in [2.75, 3.05) is 44.7 Å². The molecule has 2 saturated heterocycles. The fraction of sp³-hybridized carbons (Fsp3) is 0.632. The Kier molecular flexibility index (Phi) is 5.91. The zero-order valence-corrected chi connectivity index (χ0v) is 15.2. The maximum absolute atomic E-state index is 13.9. The summed E-state index contributed by atoms with van der Waals surface area (Å²) < 4.78 is 13.9. The molecule has 2 fully saturated rings. The molecule has 0 radical (unpaired) electrons. The first-order valence-corrected chi connectivity index (χ1v) is 9.31. The lowest BCUT2D eigenvalue weighted by molar-refractivity contribution is -0.124. The van der Waals surface area contributed by atoms with E-state index in [0.29, 0.717) is 0 Å². The first-order valence-electron chi connectivity index (χ1n) is 9.31. The summed E-state index contributed by atoms with van der Waals surface area (Å²) in [5, 5.41) is 6.34. The Morgan fingerprint density at radius 2 is 2.04 bits per heavy atom. The molecule has 0 spiro atoms. The molecule has 0 aliphatic carbocycles. The molecule has 6 heteroatoms. The number of hydrogen-bond donors (Lipinski definition) is 2. The van der Waals surface area contributed by atoms with Gasteiger partial charge >= 0.3 is 0 Å². The Morgan fingerprint density at radius 3 is 2.72 bits per heavy atom. The molecule has 1 unspecified atom stereocenters.